The van der Waals surface area contributed by atoms with Crippen molar-refractivity contribution in [3.05, 3.63) is 59.3 Å². The lowest BCUT2D eigenvalue weighted by molar-refractivity contribution is 0.414. The molecule has 0 saturated heterocycles. The lowest BCUT2D eigenvalue weighted by Gasteiger charge is -2.08. The fourth-order valence-corrected chi connectivity index (χ4v) is 3.91. The molecule has 0 aliphatic rings. The summed E-state index contributed by atoms with van der Waals surface area (Å²) in [5.74, 6) is -0.787. The standard InChI is InChI=1S/C18H18F2N2O3S/c1-11-15(16-9-12(19)10-17(20)18(16)22-11)7-8-21-26(23,24)14-5-3-13(25-2)4-6-14/h3-6,9-10,21-22H,7-8H2,1-2H3. The number of ether oxygens (including phenoxy) is 1. The number of nitrogens with one attached hydrogen (secondary N) is 2. The van der Waals surface area contributed by atoms with Crippen molar-refractivity contribution < 1.29 is 21.9 Å². The van der Waals surface area contributed by atoms with Gasteiger partial charge < -0.3 is 9.72 Å². The summed E-state index contributed by atoms with van der Waals surface area (Å²) in [5.41, 5.74) is 1.57. The number of aromatic nitrogens is 1. The van der Waals surface area contributed by atoms with Gasteiger partial charge in [-0.05, 0) is 49.2 Å². The molecule has 0 amide bonds. The van der Waals surface area contributed by atoms with Gasteiger partial charge in [0.1, 0.15) is 17.4 Å². The van der Waals surface area contributed by atoms with E-state index in [9.17, 15) is 17.2 Å². The van der Waals surface area contributed by atoms with Crippen molar-refractivity contribution in [1.82, 2.24) is 9.71 Å². The molecule has 0 unspecified atom stereocenters. The minimum absolute atomic E-state index is 0.0975. The van der Waals surface area contributed by atoms with Crippen molar-refractivity contribution >= 4 is 20.9 Å². The summed E-state index contributed by atoms with van der Waals surface area (Å²) in [6.07, 6.45) is 0.296. The Morgan fingerprint density at radius 3 is 2.50 bits per heavy atom. The Kier molecular flexibility index (Phi) is 4.97. The number of hydrogen-bond acceptors (Lipinski definition) is 3. The second-order valence-corrected chi connectivity index (χ2v) is 7.63. The van der Waals surface area contributed by atoms with Gasteiger partial charge >= 0.3 is 0 Å². The number of aryl methyl sites for hydroxylation is 1. The van der Waals surface area contributed by atoms with Gasteiger partial charge in [-0.25, -0.2) is 21.9 Å². The maximum absolute atomic E-state index is 13.8. The van der Waals surface area contributed by atoms with Crippen LogP contribution >= 0.6 is 0 Å². The van der Waals surface area contributed by atoms with Crippen LogP contribution in [0.5, 0.6) is 5.75 Å². The highest BCUT2D eigenvalue weighted by Gasteiger charge is 2.16. The first kappa shape index (κ1) is 18.3. The minimum atomic E-state index is -3.68. The van der Waals surface area contributed by atoms with Crippen molar-refractivity contribution in [3.63, 3.8) is 0 Å². The Morgan fingerprint density at radius 1 is 1.15 bits per heavy atom. The summed E-state index contributed by atoms with van der Waals surface area (Å²) in [5, 5.41) is 0.420. The van der Waals surface area contributed by atoms with E-state index in [1.165, 1.54) is 25.3 Å². The van der Waals surface area contributed by atoms with Crippen LogP contribution in [0, 0.1) is 18.6 Å². The number of hydrogen-bond donors (Lipinski definition) is 2. The highest BCUT2D eigenvalue weighted by Crippen LogP contribution is 2.26. The normalized spacial score (nSPS) is 11.8. The van der Waals surface area contributed by atoms with Gasteiger partial charge in [0, 0.05) is 23.7 Å². The van der Waals surface area contributed by atoms with E-state index >= 15 is 0 Å². The van der Waals surface area contributed by atoms with Crippen LogP contribution < -0.4 is 9.46 Å². The van der Waals surface area contributed by atoms with Gasteiger partial charge in [0.15, 0.2) is 0 Å². The second-order valence-electron chi connectivity index (χ2n) is 5.86. The maximum Gasteiger partial charge on any atom is 0.240 e. The lowest BCUT2D eigenvalue weighted by atomic mass is 10.1. The zero-order valence-corrected chi connectivity index (χ0v) is 15.1. The van der Waals surface area contributed by atoms with Gasteiger partial charge in [-0.1, -0.05) is 0 Å². The van der Waals surface area contributed by atoms with Gasteiger partial charge in [-0.3, -0.25) is 0 Å². The molecular formula is C18H18F2N2O3S. The van der Waals surface area contributed by atoms with Crippen LogP contribution in [0.4, 0.5) is 8.78 Å². The number of halogens is 2. The Hall–Kier alpha value is -2.45. The molecule has 0 saturated carbocycles. The summed E-state index contributed by atoms with van der Waals surface area (Å²) in [6, 6.07) is 8.07. The third-order valence-corrected chi connectivity index (χ3v) is 5.66. The van der Waals surface area contributed by atoms with E-state index in [1.54, 1.807) is 19.1 Å². The van der Waals surface area contributed by atoms with Crippen LogP contribution in [0.25, 0.3) is 10.9 Å². The minimum Gasteiger partial charge on any atom is -0.497 e. The number of methoxy groups -OCH3 is 1. The average molecular weight is 380 g/mol. The number of fused-ring (bicyclic) bond motifs is 1. The largest absolute Gasteiger partial charge is 0.497 e. The van der Waals surface area contributed by atoms with Crippen molar-refractivity contribution in [1.29, 1.82) is 0 Å². The van der Waals surface area contributed by atoms with Crippen LogP contribution in [0.2, 0.25) is 0 Å². The van der Waals surface area contributed by atoms with Gasteiger partial charge in [0.05, 0.1) is 17.5 Å². The zero-order valence-electron chi connectivity index (χ0n) is 14.3. The van der Waals surface area contributed by atoms with Crippen LogP contribution in [-0.4, -0.2) is 27.1 Å². The van der Waals surface area contributed by atoms with Crippen molar-refractivity contribution in [3.8, 4) is 5.75 Å². The molecule has 0 spiro atoms. The van der Waals surface area contributed by atoms with Gasteiger partial charge in [0.25, 0.3) is 0 Å². The third kappa shape index (κ3) is 3.56. The third-order valence-electron chi connectivity index (χ3n) is 4.18. The van der Waals surface area contributed by atoms with Gasteiger partial charge in [-0.2, -0.15) is 0 Å². The van der Waals surface area contributed by atoms with Crippen LogP contribution in [0.15, 0.2) is 41.3 Å². The molecule has 0 fully saturated rings. The Labute approximate surface area is 150 Å². The number of sulfonamides is 1. The summed E-state index contributed by atoms with van der Waals surface area (Å²) in [7, 11) is -2.19. The molecule has 8 heteroatoms. The molecule has 0 radical (unpaired) electrons. The van der Waals surface area contributed by atoms with E-state index < -0.39 is 21.7 Å². The Bertz CT molecular complexity index is 1040. The molecular weight excluding hydrogens is 362 g/mol. The van der Waals surface area contributed by atoms with Crippen LogP contribution in [-0.2, 0) is 16.4 Å². The van der Waals surface area contributed by atoms with Crippen molar-refractivity contribution in [2.45, 2.75) is 18.2 Å². The summed E-state index contributed by atoms with van der Waals surface area (Å²) in [4.78, 5) is 3.00. The highest BCUT2D eigenvalue weighted by molar-refractivity contribution is 7.89. The molecule has 1 aromatic heterocycles. The van der Waals surface area contributed by atoms with E-state index in [0.717, 1.165) is 6.07 Å². The number of rotatable bonds is 6. The van der Waals surface area contributed by atoms with E-state index in [4.69, 9.17) is 4.74 Å². The molecule has 3 rings (SSSR count). The second kappa shape index (κ2) is 7.05. The van der Waals surface area contributed by atoms with Gasteiger partial charge in [-0.15, -0.1) is 0 Å². The number of aromatic amines is 1. The molecule has 0 aliphatic carbocycles. The molecule has 2 N–H and O–H groups in total. The molecule has 26 heavy (non-hydrogen) atoms. The van der Waals surface area contributed by atoms with Crippen molar-refractivity contribution in [2.24, 2.45) is 0 Å². The van der Waals surface area contributed by atoms with Crippen LogP contribution in [0.3, 0.4) is 0 Å². The first-order chi connectivity index (χ1) is 12.3. The van der Waals surface area contributed by atoms with E-state index in [-0.39, 0.29) is 17.0 Å². The van der Waals surface area contributed by atoms with E-state index in [1.807, 2.05) is 0 Å². The first-order valence-corrected chi connectivity index (χ1v) is 9.40. The fourth-order valence-electron chi connectivity index (χ4n) is 2.87. The summed E-state index contributed by atoms with van der Waals surface area (Å²) >= 11 is 0. The number of H-pyrrole nitrogens is 1. The smallest absolute Gasteiger partial charge is 0.240 e. The summed E-state index contributed by atoms with van der Waals surface area (Å²) < 4.78 is 59.5. The molecule has 2 aromatic carbocycles. The predicted molar refractivity (Wildman–Crippen MR) is 94.8 cm³/mol. The SMILES string of the molecule is COc1ccc(S(=O)(=O)NCCc2c(C)[nH]c3c(F)cc(F)cc23)cc1. The highest BCUT2D eigenvalue weighted by atomic mass is 32.2. The molecule has 138 valence electrons. The number of benzene rings is 2. The van der Waals surface area contributed by atoms with Gasteiger partial charge in [0.2, 0.25) is 10.0 Å². The average Bonchev–Trinajstić information content (AvgIpc) is 2.91. The van der Waals surface area contributed by atoms with Crippen LogP contribution in [0.1, 0.15) is 11.3 Å². The molecule has 1 heterocycles. The molecule has 3 aromatic rings. The predicted octanol–water partition coefficient (Wildman–Crippen LogP) is 3.28. The quantitative estimate of drug-likeness (QED) is 0.689. The van der Waals surface area contributed by atoms with E-state index in [0.29, 0.717) is 28.8 Å². The van der Waals surface area contributed by atoms with Crippen molar-refractivity contribution in [2.75, 3.05) is 13.7 Å². The van der Waals surface area contributed by atoms with E-state index in [2.05, 4.69) is 9.71 Å². The Morgan fingerprint density at radius 2 is 1.85 bits per heavy atom. The summed E-state index contributed by atoms with van der Waals surface area (Å²) in [6.45, 7) is 1.84. The fraction of sp³-hybridized carbons (Fsp3) is 0.222. The molecule has 5 nitrogen and oxygen atoms in total. The molecule has 0 bridgehead atoms. The molecule has 0 atom stereocenters. The lowest BCUT2D eigenvalue weighted by Crippen LogP contribution is -2.26. The molecule has 0 aliphatic heterocycles. The zero-order chi connectivity index (χ0) is 18.9. The monoisotopic (exact) mass is 380 g/mol. The topological polar surface area (TPSA) is 71.2 Å². The Balaban J connectivity index is 1.77. The first-order valence-electron chi connectivity index (χ1n) is 7.92. The maximum atomic E-state index is 13.8.